The van der Waals surface area contributed by atoms with Crippen molar-refractivity contribution in [1.29, 1.82) is 0 Å². The highest BCUT2D eigenvalue weighted by atomic mass is 32.2. The Morgan fingerprint density at radius 1 is 1.19 bits per heavy atom. The second-order valence-corrected chi connectivity index (χ2v) is 6.70. The average molecular weight is 388 g/mol. The van der Waals surface area contributed by atoms with Crippen LogP contribution < -0.4 is 5.32 Å². The van der Waals surface area contributed by atoms with Crippen LogP contribution >= 0.6 is 11.8 Å². The predicted molar refractivity (Wildman–Crippen MR) is 104 cm³/mol. The van der Waals surface area contributed by atoms with Crippen LogP contribution in [0.1, 0.15) is 19.4 Å². The number of nitrogens with zero attached hydrogens (tertiary/aromatic N) is 1. The number of amides is 1. The Kier molecular flexibility index (Phi) is 7.36. The van der Waals surface area contributed by atoms with E-state index in [0.717, 1.165) is 23.7 Å². The lowest BCUT2D eigenvalue weighted by Crippen LogP contribution is -2.30. The van der Waals surface area contributed by atoms with Gasteiger partial charge in [-0.25, -0.2) is 0 Å². The summed E-state index contributed by atoms with van der Waals surface area (Å²) in [5.41, 5.74) is 1.70. The number of carbonyl (C=O) groups is 2. The van der Waals surface area contributed by atoms with Gasteiger partial charge in [0.25, 0.3) is 11.6 Å². The van der Waals surface area contributed by atoms with E-state index in [4.69, 9.17) is 4.74 Å². The molecule has 0 heterocycles. The molecule has 142 valence electrons. The van der Waals surface area contributed by atoms with Crippen LogP contribution in [0.4, 0.5) is 11.4 Å². The molecule has 0 fully saturated rings. The van der Waals surface area contributed by atoms with Crippen molar-refractivity contribution in [1.82, 2.24) is 0 Å². The number of benzene rings is 2. The van der Waals surface area contributed by atoms with Crippen molar-refractivity contribution in [3.63, 3.8) is 0 Å². The molecule has 1 atom stereocenters. The molecule has 1 amide bonds. The zero-order chi connectivity index (χ0) is 19.8. The number of carbonyl (C=O) groups excluding carboxylic acids is 2. The molecule has 2 rings (SSSR count). The number of thioether (sulfide) groups is 1. The normalized spacial score (nSPS) is 11.5. The molecule has 0 aliphatic heterocycles. The maximum Gasteiger partial charge on any atom is 0.317 e. The fourth-order valence-electron chi connectivity index (χ4n) is 2.22. The fourth-order valence-corrected chi connectivity index (χ4v) is 3.03. The Morgan fingerprint density at radius 3 is 2.48 bits per heavy atom. The quantitative estimate of drug-likeness (QED) is 0.319. The van der Waals surface area contributed by atoms with Gasteiger partial charge in [0, 0.05) is 11.8 Å². The lowest BCUT2D eigenvalue weighted by molar-refractivity contribution is -0.387. The van der Waals surface area contributed by atoms with E-state index in [1.54, 1.807) is 30.3 Å². The van der Waals surface area contributed by atoms with Crippen molar-refractivity contribution >= 4 is 35.0 Å². The van der Waals surface area contributed by atoms with Crippen molar-refractivity contribution in [2.75, 3.05) is 11.1 Å². The Bertz CT molecular complexity index is 823. The molecule has 2 aromatic carbocycles. The van der Waals surface area contributed by atoms with Gasteiger partial charge >= 0.3 is 5.97 Å². The number of rotatable bonds is 8. The summed E-state index contributed by atoms with van der Waals surface area (Å²) in [6.07, 6.45) is -0.0749. The van der Waals surface area contributed by atoms with Crippen molar-refractivity contribution in [3.8, 4) is 0 Å². The van der Waals surface area contributed by atoms with E-state index >= 15 is 0 Å². The summed E-state index contributed by atoms with van der Waals surface area (Å²) in [5.74, 6) is -1.20. The summed E-state index contributed by atoms with van der Waals surface area (Å²) >= 11 is 0.997. The zero-order valence-corrected chi connectivity index (χ0v) is 15.8. The van der Waals surface area contributed by atoms with Gasteiger partial charge in [-0.05, 0) is 37.1 Å². The number of hydrogen-bond donors (Lipinski definition) is 1. The first-order valence-electron chi connectivity index (χ1n) is 8.36. The van der Waals surface area contributed by atoms with Gasteiger partial charge in [0.15, 0.2) is 6.10 Å². The molecule has 7 nitrogen and oxygen atoms in total. The van der Waals surface area contributed by atoms with Gasteiger partial charge in [-0.2, -0.15) is 0 Å². The monoisotopic (exact) mass is 388 g/mol. The van der Waals surface area contributed by atoms with E-state index in [0.29, 0.717) is 10.6 Å². The fraction of sp³-hybridized carbons (Fsp3) is 0.263. The van der Waals surface area contributed by atoms with Gasteiger partial charge in [0.05, 0.1) is 15.6 Å². The number of hydrogen-bond acceptors (Lipinski definition) is 6. The number of nitro benzene ring substituents is 1. The molecule has 0 saturated heterocycles. The van der Waals surface area contributed by atoms with E-state index in [9.17, 15) is 19.7 Å². The topological polar surface area (TPSA) is 98.5 Å². The molecule has 0 bridgehead atoms. The summed E-state index contributed by atoms with van der Waals surface area (Å²) in [5, 5.41) is 13.7. The largest absolute Gasteiger partial charge is 0.452 e. The van der Waals surface area contributed by atoms with Crippen LogP contribution in [0, 0.1) is 10.1 Å². The summed E-state index contributed by atoms with van der Waals surface area (Å²) < 4.78 is 5.11. The molecule has 0 radical (unpaired) electrons. The highest BCUT2D eigenvalue weighted by Crippen LogP contribution is 2.28. The standard InChI is InChI=1S/C19H20N2O5S/c1-3-14-8-10-15(11-9-14)20-19(23)13(2)26-18(22)12-27-17-7-5-4-6-16(17)21(24)25/h4-11,13H,3,12H2,1-2H3,(H,20,23)/t13-/m0/s1. The molecule has 27 heavy (non-hydrogen) atoms. The molecule has 0 aliphatic rings. The van der Waals surface area contributed by atoms with Crippen molar-refractivity contribution in [3.05, 3.63) is 64.2 Å². The van der Waals surface area contributed by atoms with Crippen LogP contribution in [0.15, 0.2) is 53.4 Å². The molecule has 8 heteroatoms. The van der Waals surface area contributed by atoms with Crippen LogP contribution in [0.3, 0.4) is 0 Å². The highest BCUT2D eigenvalue weighted by Gasteiger charge is 2.20. The molecule has 2 aromatic rings. The molecular formula is C19H20N2O5S. The Labute approximate surface area is 161 Å². The maximum atomic E-state index is 12.1. The molecule has 1 N–H and O–H groups in total. The smallest absolute Gasteiger partial charge is 0.317 e. The number of nitrogens with one attached hydrogen (secondary N) is 1. The molecular weight excluding hydrogens is 368 g/mol. The number of aryl methyl sites for hydroxylation is 1. The first-order chi connectivity index (χ1) is 12.9. The summed E-state index contributed by atoms with van der Waals surface area (Å²) in [7, 11) is 0. The van der Waals surface area contributed by atoms with Crippen LogP contribution in [0.5, 0.6) is 0 Å². The average Bonchev–Trinajstić information content (AvgIpc) is 2.67. The third-order valence-corrected chi connectivity index (χ3v) is 4.75. The number of anilines is 1. The van der Waals surface area contributed by atoms with Crippen molar-refractivity contribution in [2.24, 2.45) is 0 Å². The zero-order valence-electron chi connectivity index (χ0n) is 15.0. The van der Waals surface area contributed by atoms with E-state index in [-0.39, 0.29) is 11.4 Å². The van der Waals surface area contributed by atoms with Gasteiger partial charge in [0.1, 0.15) is 0 Å². The number of nitro groups is 1. The predicted octanol–water partition coefficient (Wildman–Crippen LogP) is 3.82. The third kappa shape index (κ3) is 6.10. The van der Waals surface area contributed by atoms with E-state index in [1.165, 1.54) is 13.0 Å². The summed E-state index contributed by atoms with van der Waals surface area (Å²) in [6, 6.07) is 13.5. The number of para-hydroxylation sites is 1. The minimum Gasteiger partial charge on any atom is -0.452 e. The number of esters is 1. The van der Waals surface area contributed by atoms with E-state index < -0.39 is 22.9 Å². The molecule has 0 spiro atoms. The Balaban J connectivity index is 1.85. The molecule has 0 saturated carbocycles. The third-order valence-electron chi connectivity index (χ3n) is 3.71. The highest BCUT2D eigenvalue weighted by molar-refractivity contribution is 8.00. The van der Waals surface area contributed by atoms with Gasteiger partial charge < -0.3 is 10.1 Å². The van der Waals surface area contributed by atoms with Gasteiger partial charge in [-0.15, -0.1) is 11.8 Å². The minimum atomic E-state index is -0.977. The van der Waals surface area contributed by atoms with Crippen LogP contribution in [-0.4, -0.2) is 28.7 Å². The van der Waals surface area contributed by atoms with Gasteiger partial charge in [-0.1, -0.05) is 31.2 Å². The number of ether oxygens (including phenoxy) is 1. The summed E-state index contributed by atoms with van der Waals surface area (Å²) in [4.78, 5) is 34.9. The Morgan fingerprint density at radius 2 is 1.85 bits per heavy atom. The van der Waals surface area contributed by atoms with E-state index in [1.807, 2.05) is 19.1 Å². The van der Waals surface area contributed by atoms with Crippen molar-refractivity contribution in [2.45, 2.75) is 31.3 Å². The Hall–Kier alpha value is -2.87. The van der Waals surface area contributed by atoms with Crippen molar-refractivity contribution < 1.29 is 19.2 Å². The second-order valence-electron chi connectivity index (χ2n) is 5.69. The van der Waals surface area contributed by atoms with Crippen LogP contribution in [-0.2, 0) is 20.7 Å². The second kappa shape index (κ2) is 9.72. The first kappa shape index (κ1) is 20.4. The minimum absolute atomic E-state index is 0.0726. The van der Waals surface area contributed by atoms with Gasteiger partial charge in [-0.3, -0.25) is 19.7 Å². The van der Waals surface area contributed by atoms with Crippen LogP contribution in [0.25, 0.3) is 0 Å². The van der Waals surface area contributed by atoms with Crippen LogP contribution in [0.2, 0.25) is 0 Å². The lowest BCUT2D eigenvalue weighted by Gasteiger charge is -2.13. The molecule has 0 unspecified atom stereocenters. The summed E-state index contributed by atoms with van der Waals surface area (Å²) in [6.45, 7) is 3.51. The molecule has 0 aromatic heterocycles. The van der Waals surface area contributed by atoms with Gasteiger partial charge in [0.2, 0.25) is 0 Å². The SMILES string of the molecule is CCc1ccc(NC(=O)[C@H](C)OC(=O)CSc2ccccc2[N+](=O)[O-])cc1. The van der Waals surface area contributed by atoms with E-state index in [2.05, 4.69) is 5.32 Å². The maximum absolute atomic E-state index is 12.1. The first-order valence-corrected chi connectivity index (χ1v) is 9.34. The lowest BCUT2D eigenvalue weighted by atomic mass is 10.1. The molecule has 0 aliphatic carbocycles.